The number of likely N-dealkylation sites (tertiary alicyclic amines) is 1. The normalized spacial score (nSPS) is 17.7. The van der Waals surface area contributed by atoms with E-state index in [-0.39, 0.29) is 5.91 Å². The molecule has 1 fully saturated rings. The van der Waals surface area contributed by atoms with Gasteiger partial charge in [-0.1, -0.05) is 31.5 Å². The van der Waals surface area contributed by atoms with Crippen molar-refractivity contribution in [3.8, 4) is 0 Å². The van der Waals surface area contributed by atoms with Crippen LogP contribution in [-0.2, 0) is 16.1 Å². The number of allylic oxidation sites excluding steroid dienone is 1. The predicted octanol–water partition coefficient (Wildman–Crippen LogP) is 4.64. The van der Waals surface area contributed by atoms with Gasteiger partial charge in [-0.15, -0.1) is 0 Å². The molecule has 162 valence electrons. The van der Waals surface area contributed by atoms with Crippen molar-refractivity contribution in [2.75, 3.05) is 30.8 Å². The number of fused-ring (bicyclic) bond motifs is 1. The molecule has 2 heterocycles. The Morgan fingerprint density at radius 2 is 1.84 bits per heavy atom. The highest BCUT2D eigenvalue weighted by Crippen LogP contribution is 2.36. The lowest BCUT2D eigenvalue weighted by atomic mass is 10.0. The van der Waals surface area contributed by atoms with Crippen molar-refractivity contribution in [1.82, 2.24) is 4.90 Å². The maximum absolute atomic E-state index is 12.7. The Labute approximate surface area is 183 Å². The molecule has 31 heavy (non-hydrogen) atoms. The van der Waals surface area contributed by atoms with E-state index in [9.17, 15) is 9.59 Å². The topological polar surface area (TPSA) is 70.7 Å². The molecule has 0 aliphatic carbocycles. The SMILES string of the molecule is CCC(Nc1ccc(CN2CCCCC2)cc1)=C1C(=O)Nc2cc(C(=O)OC)ccc21. The van der Waals surface area contributed by atoms with Crippen LogP contribution in [0.25, 0.3) is 5.57 Å². The van der Waals surface area contributed by atoms with Crippen molar-refractivity contribution in [2.24, 2.45) is 0 Å². The molecule has 0 unspecified atom stereocenters. The van der Waals surface area contributed by atoms with E-state index >= 15 is 0 Å². The second-order valence-electron chi connectivity index (χ2n) is 8.07. The second kappa shape index (κ2) is 9.35. The summed E-state index contributed by atoms with van der Waals surface area (Å²) in [6.45, 7) is 5.37. The number of piperidine rings is 1. The van der Waals surface area contributed by atoms with Gasteiger partial charge in [-0.3, -0.25) is 9.69 Å². The number of hydrogen-bond donors (Lipinski definition) is 2. The highest BCUT2D eigenvalue weighted by atomic mass is 16.5. The van der Waals surface area contributed by atoms with Crippen LogP contribution in [-0.4, -0.2) is 37.0 Å². The van der Waals surface area contributed by atoms with Gasteiger partial charge in [0.1, 0.15) is 0 Å². The van der Waals surface area contributed by atoms with E-state index in [4.69, 9.17) is 4.74 Å². The molecular formula is C25H29N3O3. The average Bonchev–Trinajstić information content (AvgIpc) is 3.13. The van der Waals surface area contributed by atoms with E-state index in [2.05, 4.69) is 39.8 Å². The largest absolute Gasteiger partial charge is 0.465 e. The summed E-state index contributed by atoms with van der Waals surface area (Å²) in [5, 5.41) is 6.31. The Hall–Kier alpha value is -3.12. The minimum atomic E-state index is -0.423. The lowest BCUT2D eigenvalue weighted by Gasteiger charge is -2.26. The van der Waals surface area contributed by atoms with Gasteiger partial charge in [-0.2, -0.15) is 0 Å². The fourth-order valence-electron chi connectivity index (χ4n) is 4.29. The number of benzene rings is 2. The summed E-state index contributed by atoms with van der Waals surface area (Å²) >= 11 is 0. The minimum absolute atomic E-state index is 0.164. The molecule has 2 N–H and O–H groups in total. The molecule has 2 aromatic rings. The fourth-order valence-corrected chi connectivity index (χ4v) is 4.29. The molecule has 6 heteroatoms. The second-order valence-corrected chi connectivity index (χ2v) is 8.07. The molecule has 1 saturated heterocycles. The summed E-state index contributed by atoms with van der Waals surface area (Å²) in [7, 11) is 1.34. The number of nitrogens with one attached hydrogen (secondary N) is 2. The van der Waals surface area contributed by atoms with Crippen LogP contribution in [0.15, 0.2) is 48.2 Å². The maximum atomic E-state index is 12.7. The quantitative estimate of drug-likeness (QED) is 0.527. The first-order chi connectivity index (χ1) is 15.1. The van der Waals surface area contributed by atoms with Crippen LogP contribution in [0.3, 0.4) is 0 Å². The maximum Gasteiger partial charge on any atom is 0.337 e. The Morgan fingerprint density at radius 3 is 2.52 bits per heavy atom. The van der Waals surface area contributed by atoms with E-state index in [1.807, 2.05) is 6.92 Å². The molecule has 4 rings (SSSR count). The van der Waals surface area contributed by atoms with Crippen LogP contribution in [0.5, 0.6) is 0 Å². The molecule has 1 amide bonds. The van der Waals surface area contributed by atoms with E-state index in [0.717, 1.165) is 23.5 Å². The number of hydrogen-bond acceptors (Lipinski definition) is 5. The molecule has 2 aromatic carbocycles. The first-order valence-electron chi connectivity index (χ1n) is 10.9. The third-order valence-corrected chi connectivity index (χ3v) is 5.94. The van der Waals surface area contributed by atoms with Gasteiger partial charge in [0.05, 0.1) is 23.9 Å². The number of anilines is 2. The van der Waals surface area contributed by atoms with Crippen LogP contribution >= 0.6 is 0 Å². The summed E-state index contributed by atoms with van der Waals surface area (Å²) in [5.74, 6) is -0.587. The first kappa shape index (κ1) is 21.1. The molecule has 0 spiro atoms. The number of rotatable bonds is 6. The summed E-state index contributed by atoms with van der Waals surface area (Å²) in [5.41, 5.74) is 5.57. The van der Waals surface area contributed by atoms with E-state index in [0.29, 0.717) is 23.2 Å². The van der Waals surface area contributed by atoms with Crippen molar-refractivity contribution < 1.29 is 14.3 Å². The van der Waals surface area contributed by atoms with E-state index < -0.39 is 5.97 Å². The van der Waals surface area contributed by atoms with Gasteiger partial charge in [0.25, 0.3) is 5.91 Å². The number of esters is 1. The average molecular weight is 420 g/mol. The van der Waals surface area contributed by atoms with Crippen LogP contribution in [0.2, 0.25) is 0 Å². The van der Waals surface area contributed by atoms with Crippen molar-refractivity contribution in [2.45, 2.75) is 39.2 Å². The van der Waals surface area contributed by atoms with Crippen LogP contribution in [0.1, 0.15) is 54.1 Å². The number of amides is 1. The predicted molar refractivity (Wildman–Crippen MR) is 123 cm³/mol. The van der Waals surface area contributed by atoms with Gasteiger partial charge < -0.3 is 15.4 Å². The molecule has 0 atom stereocenters. The van der Waals surface area contributed by atoms with Crippen LogP contribution < -0.4 is 10.6 Å². The third-order valence-electron chi connectivity index (χ3n) is 5.94. The molecular weight excluding hydrogens is 390 g/mol. The van der Waals surface area contributed by atoms with E-state index in [1.54, 1.807) is 18.2 Å². The Balaban J connectivity index is 1.53. The minimum Gasteiger partial charge on any atom is -0.465 e. The van der Waals surface area contributed by atoms with Crippen molar-refractivity contribution in [3.05, 3.63) is 64.9 Å². The molecule has 0 saturated carbocycles. The first-order valence-corrected chi connectivity index (χ1v) is 10.9. The van der Waals surface area contributed by atoms with Gasteiger partial charge in [0.2, 0.25) is 0 Å². The number of carbonyl (C=O) groups is 2. The Bertz CT molecular complexity index is 1010. The van der Waals surface area contributed by atoms with Gasteiger partial charge in [0.15, 0.2) is 0 Å². The van der Waals surface area contributed by atoms with Gasteiger partial charge in [-0.25, -0.2) is 4.79 Å². The number of methoxy groups -OCH3 is 1. The fraction of sp³-hybridized carbons (Fsp3) is 0.360. The van der Waals surface area contributed by atoms with Crippen molar-refractivity contribution in [3.63, 3.8) is 0 Å². The summed E-state index contributed by atoms with van der Waals surface area (Å²) in [6.07, 6.45) is 4.60. The smallest absolute Gasteiger partial charge is 0.337 e. The molecule has 2 aliphatic rings. The lowest BCUT2D eigenvalue weighted by Crippen LogP contribution is -2.29. The number of ether oxygens (including phenoxy) is 1. The molecule has 0 bridgehead atoms. The molecule has 2 aliphatic heterocycles. The highest BCUT2D eigenvalue weighted by Gasteiger charge is 2.28. The summed E-state index contributed by atoms with van der Waals surface area (Å²) in [4.78, 5) is 27.0. The molecule has 0 aromatic heterocycles. The standard InChI is InChI=1S/C25H29N3O3/c1-3-21(23-20-12-9-18(25(30)31-2)15-22(20)27-24(23)29)26-19-10-7-17(8-11-19)16-28-13-5-4-6-14-28/h7-12,15,26H,3-6,13-14,16H2,1-2H3,(H,27,29). The highest BCUT2D eigenvalue weighted by molar-refractivity contribution is 6.32. The zero-order chi connectivity index (χ0) is 21.8. The molecule has 0 radical (unpaired) electrons. The third kappa shape index (κ3) is 4.64. The summed E-state index contributed by atoms with van der Waals surface area (Å²) < 4.78 is 4.78. The summed E-state index contributed by atoms with van der Waals surface area (Å²) in [6, 6.07) is 13.6. The number of carbonyl (C=O) groups excluding carboxylic acids is 2. The van der Waals surface area contributed by atoms with Crippen LogP contribution in [0.4, 0.5) is 11.4 Å². The van der Waals surface area contributed by atoms with Crippen molar-refractivity contribution >= 4 is 28.8 Å². The Kier molecular flexibility index (Phi) is 6.37. The number of nitrogens with zero attached hydrogens (tertiary/aromatic N) is 1. The van der Waals surface area contributed by atoms with E-state index in [1.165, 1.54) is 45.0 Å². The zero-order valence-electron chi connectivity index (χ0n) is 18.2. The van der Waals surface area contributed by atoms with Gasteiger partial charge >= 0.3 is 5.97 Å². The van der Waals surface area contributed by atoms with Gasteiger partial charge in [0, 0.05) is 23.5 Å². The monoisotopic (exact) mass is 419 g/mol. The lowest BCUT2D eigenvalue weighted by molar-refractivity contribution is -0.110. The zero-order valence-corrected chi connectivity index (χ0v) is 18.2. The van der Waals surface area contributed by atoms with Gasteiger partial charge in [-0.05, 0) is 62.2 Å². The Morgan fingerprint density at radius 1 is 1.10 bits per heavy atom. The molecule has 6 nitrogen and oxygen atoms in total. The van der Waals surface area contributed by atoms with Crippen LogP contribution in [0, 0.1) is 0 Å². The van der Waals surface area contributed by atoms with Crippen molar-refractivity contribution in [1.29, 1.82) is 0 Å².